The number of nitrogen functional groups attached to an aromatic ring is 1. The number of carbonyl (C=O) groups excluding carboxylic acids is 1. The van der Waals surface area contributed by atoms with Gasteiger partial charge >= 0.3 is 0 Å². The Balaban J connectivity index is 3.02. The number of nitrogens with zero attached hydrogens (tertiary/aromatic N) is 1. The summed E-state index contributed by atoms with van der Waals surface area (Å²) in [6, 6.07) is 1.59. The van der Waals surface area contributed by atoms with E-state index in [9.17, 15) is 19.3 Å². The van der Waals surface area contributed by atoms with Gasteiger partial charge in [0.05, 0.1) is 16.6 Å². The zero-order valence-electron chi connectivity index (χ0n) is 11.4. The van der Waals surface area contributed by atoms with Gasteiger partial charge in [-0.1, -0.05) is 0 Å². The first-order chi connectivity index (χ1) is 9.18. The molecule has 0 saturated heterocycles. The number of benzene rings is 1. The first kappa shape index (κ1) is 16.2. The van der Waals surface area contributed by atoms with Gasteiger partial charge < -0.3 is 11.1 Å². The van der Waals surface area contributed by atoms with Crippen molar-refractivity contribution < 1.29 is 14.1 Å². The number of thioether (sulfide) groups is 1. The fourth-order valence-electron chi connectivity index (χ4n) is 1.40. The van der Waals surface area contributed by atoms with Crippen molar-refractivity contribution in [1.82, 2.24) is 5.32 Å². The Kier molecular flexibility index (Phi) is 4.93. The lowest BCUT2D eigenvalue weighted by atomic mass is 10.1. The molecule has 0 atom stereocenters. The van der Waals surface area contributed by atoms with E-state index < -0.39 is 22.3 Å². The number of rotatable bonds is 5. The Morgan fingerprint density at radius 1 is 1.55 bits per heavy atom. The Labute approximate surface area is 120 Å². The van der Waals surface area contributed by atoms with Crippen molar-refractivity contribution >= 4 is 29.0 Å². The van der Waals surface area contributed by atoms with E-state index in [0.717, 1.165) is 6.07 Å². The highest BCUT2D eigenvalue weighted by Crippen LogP contribution is 2.27. The van der Waals surface area contributed by atoms with Crippen LogP contribution in [0.1, 0.15) is 24.2 Å². The Morgan fingerprint density at radius 2 is 2.15 bits per heavy atom. The first-order valence-corrected chi connectivity index (χ1v) is 6.97. The summed E-state index contributed by atoms with van der Waals surface area (Å²) >= 11 is 1.55. The molecule has 0 saturated carbocycles. The average molecular weight is 301 g/mol. The van der Waals surface area contributed by atoms with E-state index in [4.69, 9.17) is 5.73 Å². The minimum atomic E-state index is -0.875. The third-order valence-electron chi connectivity index (χ3n) is 2.79. The maximum Gasteiger partial charge on any atom is 0.295 e. The van der Waals surface area contributed by atoms with E-state index in [1.807, 2.05) is 20.1 Å². The zero-order chi connectivity index (χ0) is 15.5. The maximum atomic E-state index is 13.3. The van der Waals surface area contributed by atoms with Gasteiger partial charge in [-0.05, 0) is 26.2 Å². The highest BCUT2D eigenvalue weighted by atomic mass is 32.2. The Hall–Kier alpha value is -1.83. The molecule has 0 fully saturated rings. The largest absolute Gasteiger partial charge is 0.393 e. The summed E-state index contributed by atoms with van der Waals surface area (Å²) in [7, 11) is 0. The van der Waals surface area contributed by atoms with Crippen molar-refractivity contribution in [2.75, 3.05) is 18.5 Å². The second-order valence-corrected chi connectivity index (χ2v) is 6.30. The molecule has 0 aliphatic heterocycles. The molecule has 6 nitrogen and oxygen atoms in total. The maximum absolute atomic E-state index is 13.3. The predicted molar refractivity (Wildman–Crippen MR) is 77.4 cm³/mol. The van der Waals surface area contributed by atoms with Gasteiger partial charge in [0.15, 0.2) is 0 Å². The summed E-state index contributed by atoms with van der Waals surface area (Å²) in [5.41, 5.74) is 4.37. The van der Waals surface area contributed by atoms with E-state index in [1.54, 1.807) is 11.8 Å². The van der Waals surface area contributed by atoms with E-state index in [-0.39, 0.29) is 16.0 Å². The van der Waals surface area contributed by atoms with Crippen molar-refractivity contribution in [3.63, 3.8) is 0 Å². The number of nitro benzene ring substituents is 1. The first-order valence-electron chi connectivity index (χ1n) is 5.74. The molecule has 20 heavy (non-hydrogen) atoms. The fourth-order valence-corrected chi connectivity index (χ4v) is 1.62. The number of hydrogen-bond donors (Lipinski definition) is 2. The monoisotopic (exact) mass is 301 g/mol. The summed E-state index contributed by atoms with van der Waals surface area (Å²) in [4.78, 5) is 21.9. The number of anilines is 1. The molecular formula is C12H16FN3O3S. The zero-order valence-corrected chi connectivity index (χ0v) is 12.2. The van der Waals surface area contributed by atoms with Crippen LogP contribution in [0.25, 0.3) is 0 Å². The van der Waals surface area contributed by atoms with Gasteiger partial charge in [0.25, 0.3) is 11.6 Å². The topological polar surface area (TPSA) is 98.3 Å². The van der Waals surface area contributed by atoms with Crippen LogP contribution in [0.2, 0.25) is 0 Å². The summed E-state index contributed by atoms with van der Waals surface area (Å²) in [5, 5.41) is 13.3. The van der Waals surface area contributed by atoms with Crippen LogP contribution >= 0.6 is 11.8 Å². The van der Waals surface area contributed by atoms with Gasteiger partial charge in [0.2, 0.25) is 0 Å². The summed E-state index contributed by atoms with van der Waals surface area (Å²) < 4.78 is 13.1. The summed E-state index contributed by atoms with van der Waals surface area (Å²) in [6.07, 6.45) is 1.90. The molecule has 1 amide bonds. The molecule has 1 aromatic carbocycles. The Bertz CT molecular complexity index is 549. The molecule has 0 spiro atoms. The van der Waals surface area contributed by atoms with E-state index in [1.165, 1.54) is 0 Å². The SMILES string of the molecule is CSC(C)(C)CNC(=O)c1cc(F)cc([N+](=O)[O-])c1N. The minimum absolute atomic E-state index is 0.205. The number of carbonyl (C=O) groups is 1. The van der Waals surface area contributed by atoms with E-state index >= 15 is 0 Å². The van der Waals surface area contributed by atoms with Crippen LogP contribution in [-0.4, -0.2) is 28.4 Å². The van der Waals surface area contributed by atoms with Crippen LogP contribution in [0.3, 0.4) is 0 Å². The normalized spacial score (nSPS) is 11.2. The number of nitrogens with two attached hydrogens (primary N) is 1. The smallest absolute Gasteiger partial charge is 0.295 e. The van der Waals surface area contributed by atoms with Crippen LogP contribution < -0.4 is 11.1 Å². The van der Waals surface area contributed by atoms with Gasteiger partial charge in [-0.3, -0.25) is 14.9 Å². The second kappa shape index (κ2) is 6.08. The van der Waals surface area contributed by atoms with Crippen LogP contribution in [0.5, 0.6) is 0 Å². The molecule has 0 bridgehead atoms. The molecule has 8 heteroatoms. The number of halogens is 1. The molecule has 0 aliphatic carbocycles. The van der Waals surface area contributed by atoms with Gasteiger partial charge in [-0.25, -0.2) is 4.39 Å². The number of nitrogens with one attached hydrogen (secondary N) is 1. The standard InChI is InChI=1S/C12H16FN3O3S/c1-12(2,20-3)6-15-11(17)8-4-7(13)5-9(10(8)14)16(18)19/h4-5H,6,14H2,1-3H3,(H,15,17). The van der Waals surface area contributed by atoms with Gasteiger partial charge in [0.1, 0.15) is 11.5 Å². The predicted octanol–water partition coefficient (Wildman–Crippen LogP) is 2.19. The summed E-state index contributed by atoms with van der Waals surface area (Å²) in [5.74, 6) is -1.51. The molecule has 0 unspecified atom stereocenters. The van der Waals surface area contributed by atoms with E-state index in [2.05, 4.69) is 5.32 Å². The highest BCUT2D eigenvalue weighted by Gasteiger charge is 2.23. The molecule has 0 aliphatic rings. The molecule has 3 N–H and O–H groups in total. The molecular weight excluding hydrogens is 285 g/mol. The lowest BCUT2D eigenvalue weighted by Gasteiger charge is -2.22. The lowest BCUT2D eigenvalue weighted by molar-refractivity contribution is -0.384. The third-order valence-corrected chi connectivity index (χ3v) is 4.04. The average Bonchev–Trinajstić information content (AvgIpc) is 2.38. The van der Waals surface area contributed by atoms with Crippen LogP contribution in [0.15, 0.2) is 12.1 Å². The van der Waals surface area contributed by atoms with Crippen molar-refractivity contribution in [3.8, 4) is 0 Å². The van der Waals surface area contributed by atoms with Crippen LogP contribution in [-0.2, 0) is 0 Å². The minimum Gasteiger partial charge on any atom is -0.393 e. The van der Waals surface area contributed by atoms with Crippen LogP contribution in [0.4, 0.5) is 15.8 Å². The second-order valence-electron chi connectivity index (χ2n) is 4.79. The van der Waals surface area contributed by atoms with Gasteiger partial charge in [-0.2, -0.15) is 11.8 Å². The van der Waals surface area contributed by atoms with E-state index in [0.29, 0.717) is 12.6 Å². The highest BCUT2D eigenvalue weighted by molar-refractivity contribution is 7.99. The fraction of sp³-hybridized carbons (Fsp3) is 0.417. The quantitative estimate of drug-likeness (QED) is 0.493. The molecule has 1 aromatic rings. The van der Waals surface area contributed by atoms with Crippen molar-refractivity contribution in [3.05, 3.63) is 33.6 Å². The number of amides is 1. The van der Waals surface area contributed by atoms with Gasteiger partial charge in [0, 0.05) is 11.3 Å². The lowest BCUT2D eigenvalue weighted by Crippen LogP contribution is -2.36. The molecule has 1 rings (SSSR count). The van der Waals surface area contributed by atoms with Gasteiger partial charge in [-0.15, -0.1) is 0 Å². The molecule has 0 heterocycles. The van der Waals surface area contributed by atoms with Crippen molar-refractivity contribution in [2.45, 2.75) is 18.6 Å². The Morgan fingerprint density at radius 3 is 2.65 bits per heavy atom. The van der Waals surface area contributed by atoms with Crippen molar-refractivity contribution in [1.29, 1.82) is 0 Å². The summed E-state index contributed by atoms with van der Waals surface area (Å²) in [6.45, 7) is 4.18. The number of hydrogen-bond acceptors (Lipinski definition) is 5. The number of nitro groups is 1. The molecule has 0 radical (unpaired) electrons. The third kappa shape index (κ3) is 3.83. The molecule has 110 valence electrons. The van der Waals surface area contributed by atoms with Crippen LogP contribution in [0, 0.1) is 15.9 Å². The molecule has 0 aromatic heterocycles. The van der Waals surface area contributed by atoms with Crippen molar-refractivity contribution in [2.24, 2.45) is 0 Å².